The number of rotatable bonds is 12. The largest absolute Gasteiger partial charge is 0.465 e. The molecule has 0 aliphatic heterocycles. The molecule has 6 bridgehead atoms. The molecule has 0 spiro atoms. The minimum atomic E-state index is -6.00. The average molecular weight is 797 g/mol. The summed E-state index contributed by atoms with van der Waals surface area (Å²) in [7, 11) is -6.00. The van der Waals surface area contributed by atoms with Gasteiger partial charge in [0.25, 0.3) is 0 Å². The number of aldehydes is 2. The van der Waals surface area contributed by atoms with Crippen molar-refractivity contribution in [3.63, 3.8) is 0 Å². The molecule has 0 aromatic carbocycles. The van der Waals surface area contributed by atoms with Crippen molar-refractivity contribution in [3.8, 4) is 0 Å². The molecule has 7 aliphatic carbocycles. The molecule has 308 valence electrons. The summed E-state index contributed by atoms with van der Waals surface area (Å²) in [5.74, 6) is -2.27. The zero-order valence-electron chi connectivity index (χ0n) is 31.9. The number of fused-ring (bicyclic) bond motifs is 6. The molecule has 9 atom stereocenters. The van der Waals surface area contributed by atoms with Crippen molar-refractivity contribution >= 4 is 40.6 Å². The van der Waals surface area contributed by atoms with Crippen molar-refractivity contribution in [2.24, 2.45) is 57.7 Å². The lowest BCUT2D eigenvalue weighted by Gasteiger charge is -2.51. The molecule has 0 saturated heterocycles. The number of esters is 3. The highest BCUT2D eigenvalue weighted by molar-refractivity contribution is 7.87. The van der Waals surface area contributed by atoms with Gasteiger partial charge in [-0.3, -0.25) is 14.1 Å². The second-order valence-corrected chi connectivity index (χ2v) is 20.8. The normalized spacial score (nSPS) is 41.6. The van der Waals surface area contributed by atoms with Gasteiger partial charge >= 0.3 is 33.3 Å². The average Bonchev–Trinajstić information content (AvgIpc) is 3.15. The molecule has 0 radical (unpaired) electrons. The van der Waals surface area contributed by atoms with Crippen LogP contribution in [0.1, 0.15) is 141 Å². The minimum Gasteiger partial charge on any atom is -0.465 e. The third-order valence-electron chi connectivity index (χ3n) is 15.5. The summed E-state index contributed by atoms with van der Waals surface area (Å²) >= 11 is 0. The summed E-state index contributed by atoms with van der Waals surface area (Å²) in [6.45, 7) is 0.131. The Balaban J connectivity index is 1.06. The fraction of sp³-hybridized carbons (Fsp3) is 0.878. The van der Waals surface area contributed by atoms with Crippen LogP contribution in [0.3, 0.4) is 0 Å². The van der Waals surface area contributed by atoms with E-state index >= 15 is 0 Å². The predicted octanol–water partition coefficient (Wildman–Crippen LogP) is 7.18. The summed E-state index contributed by atoms with van der Waals surface area (Å²) in [5, 5.41) is -5.06. The maximum absolute atomic E-state index is 14.3. The molecule has 0 aromatic heterocycles. The van der Waals surface area contributed by atoms with Crippen LogP contribution >= 0.6 is 0 Å². The van der Waals surface area contributed by atoms with Gasteiger partial charge in [0.1, 0.15) is 31.4 Å². The molecule has 14 heteroatoms. The van der Waals surface area contributed by atoms with Crippen molar-refractivity contribution in [1.82, 2.24) is 0 Å². The molecule has 11 nitrogen and oxygen atoms in total. The lowest BCUT2D eigenvalue weighted by Crippen LogP contribution is -2.51. The fourth-order valence-electron chi connectivity index (χ4n) is 13.0. The number of halogens is 2. The molecule has 0 aromatic rings. The second kappa shape index (κ2) is 15.4. The first kappa shape index (κ1) is 40.7. The third kappa shape index (κ3) is 8.15. The van der Waals surface area contributed by atoms with E-state index < -0.39 is 43.2 Å². The Morgan fingerprint density at radius 3 is 1.64 bits per heavy atom. The Kier molecular flexibility index (Phi) is 11.4. The number of alkyl halides is 2. The van der Waals surface area contributed by atoms with Crippen LogP contribution in [0, 0.1) is 57.7 Å². The molecule has 1 N–H and O–H groups in total. The lowest BCUT2D eigenvalue weighted by molar-refractivity contribution is -0.192. The van der Waals surface area contributed by atoms with Crippen molar-refractivity contribution in [3.05, 3.63) is 0 Å². The van der Waals surface area contributed by atoms with Gasteiger partial charge in [-0.2, -0.15) is 17.2 Å². The van der Waals surface area contributed by atoms with Crippen LogP contribution in [0.25, 0.3) is 0 Å². The number of hydrogen-bond donors (Lipinski definition) is 1. The van der Waals surface area contributed by atoms with Gasteiger partial charge in [-0.05, 0) is 139 Å². The molecule has 0 amide bonds. The van der Waals surface area contributed by atoms with Crippen LogP contribution in [0.4, 0.5) is 8.78 Å². The van der Waals surface area contributed by atoms with Gasteiger partial charge in [0, 0.05) is 17.3 Å². The molecule has 9 unspecified atom stereocenters. The molecule has 7 fully saturated rings. The molecule has 55 heavy (non-hydrogen) atoms. The number of carbonyl (C=O) groups is 5. The Morgan fingerprint density at radius 2 is 1.15 bits per heavy atom. The predicted molar refractivity (Wildman–Crippen MR) is 193 cm³/mol. The SMILES string of the molecule is O=CC1CC2CCCC(C(=O)OCC3(COC(=O)C45CCCC(CC(C=O)C4)C5)CCC(C4CC5CCCC(OC(=O)C(F)(F)S(=O)(=O)O)(C5)C4)CC3)(C1)C2. The first-order valence-electron chi connectivity index (χ1n) is 20.9. The van der Waals surface area contributed by atoms with Gasteiger partial charge in [-0.25, -0.2) is 4.79 Å². The van der Waals surface area contributed by atoms with E-state index in [1.165, 1.54) is 0 Å². The highest BCUT2D eigenvalue weighted by Crippen LogP contribution is 2.56. The van der Waals surface area contributed by atoms with Gasteiger partial charge in [0.2, 0.25) is 0 Å². The molecule has 7 saturated carbocycles. The van der Waals surface area contributed by atoms with Gasteiger partial charge in [-0.15, -0.1) is 0 Å². The van der Waals surface area contributed by atoms with E-state index in [2.05, 4.69) is 0 Å². The minimum absolute atomic E-state index is 0.00968. The second-order valence-electron chi connectivity index (χ2n) is 19.4. The summed E-state index contributed by atoms with van der Waals surface area (Å²) in [6.07, 6.45) is 17.0. The molecular weight excluding hydrogens is 739 g/mol. The van der Waals surface area contributed by atoms with E-state index in [1.54, 1.807) is 0 Å². The standard InChI is InChI=1S/C41H58F2O11S/c42-41(43,55(49,50)51)36(48)54-40-11-3-6-29(21-40)16-33(22-40)32-7-12-37(13-8-32,25-52-34(46)38-9-1-4-27(17-38)14-30(19-38)23-44)26-53-35(47)39-10-2-5-28(18-39)15-31(20-39)24-45/h23-24,27-33H,1-22,25-26H2,(H,49,50,51). The van der Waals surface area contributed by atoms with Crippen LogP contribution in [-0.2, 0) is 48.3 Å². The maximum Gasteiger partial charge on any atom is 0.465 e. The maximum atomic E-state index is 14.3. The highest BCUT2D eigenvalue weighted by Gasteiger charge is 2.59. The summed E-state index contributed by atoms with van der Waals surface area (Å²) in [5.41, 5.74) is -3.30. The highest BCUT2D eigenvalue weighted by atomic mass is 32.2. The Bertz CT molecular complexity index is 1550. The number of carbonyl (C=O) groups excluding carboxylic acids is 5. The first-order chi connectivity index (χ1) is 26.0. The zero-order valence-corrected chi connectivity index (χ0v) is 32.7. The van der Waals surface area contributed by atoms with Gasteiger partial charge in [-0.1, -0.05) is 32.1 Å². The fourth-order valence-corrected chi connectivity index (χ4v) is 13.2. The van der Waals surface area contributed by atoms with Gasteiger partial charge in [0.05, 0.1) is 10.8 Å². The van der Waals surface area contributed by atoms with E-state index in [4.69, 9.17) is 18.8 Å². The van der Waals surface area contributed by atoms with Crippen LogP contribution in [0.15, 0.2) is 0 Å². The monoisotopic (exact) mass is 796 g/mol. The van der Waals surface area contributed by atoms with E-state index in [-0.39, 0.29) is 54.7 Å². The van der Waals surface area contributed by atoms with Crippen molar-refractivity contribution in [2.45, 2.75) is 152 Å². The zero-order chi connectivity index (χ0) is 39.3. The molecular formula is C41H58F2O11S. The third-order valence-corrected chi connectivity index (χ3v) is 16.4. The molecule has 7 aliphatic rings. The topological polar surface area (TPSA) is 167 Å². The quantitative estimate of drug-likeness (QED) is 0.0920. The summed E-state index contributed by atoms with van der Waals surface area (Å²) < 4.78 is 78.2. The van der Waals surface area contributed by atoms with Crippen molar-refractivity contribution in [1.29, 1.82) is 0 Å². The van der Waals surface area contributed by atoms with Gasteiger partial charge < -0.3 is 23.8 Å². The smallest absolute Gasteiger partial charge is 0.465 e. The Morgan fingerprint density at radius 1 is 0.655 bits per heavy atom. The van der Waals surface area contributed by atoms with Crippen molar-refractivity contribution < 1.29 is 59.9 Å². The van der Waals surface area contributed by atoms with Gasteiger partial charge in [0.15, 0.2) is 0 Å². The van der Waals surface area contributed by atoms with E-state index in [1.807, 2.05) is 0 Å². The number of ether oxygens (including phenoxy) is 3. The Hall–Kier alpha value is -2.48. The van der Waals surface area contributed by atoms with E-state index in [9.17, 15) is 41.2 Å². The van der Waals surface area contributed by atoms with Crippen molar-refractivity contribution in [2.75, 3.05) is 13.2 Å². The summed E-state index contributed by atoms with van der Waals surface area (Å²) in [6, 6.07) is 0. The Labute approximate surface area is 322 Å². The van der Waals surface area contributed by atoms with Crippen LogP contribution in [-0.4, -0.2) is 67.5 Å². The van der Waals surface area contributed by atoms with E-state index in [0.29, 0.717) is 102 Å². The van der Waals surface area contributed by atoms with E-state index in [0.717, 1.165) is 63.9 Å². The number of hydrogen-bond acceptors (Lipinski definition) is 10. The first-order valence-corrected chi connectivity index (χ1v) is 22.3. The van der Waals surface area contributed by atoms with Crippen LogP contribution < -0.4 is 0 Å². The molecule has 7 rings (SSSR count). The summed E-state index contributed by atoms with van der Waals surface area (Å²) in [4.78, 5) is 64.3. The molecule has 0 heterocycles. The van der Waals surface area contributed by atoms with Crippen LogP contribution in [0.2, 0.25) is 0 Å². The lowest BCUT2D eigenvalue weighted by atomic mass is 9.58. The van der Waals surface area contributed by atoms with Crippen LogP contribution in [0.5, 0.6) is 0 Å².